The van der Waals surface area contributed by atoms with E-state index in [9.17, 15) is 9.59 Å². The number of hydrogen-bond acceptors (Lipinski definition) is 3. The normalized spacial score (nSPS) is 9.88. The zero-order valence-electron chi connectivity index (χ0n) is 8.98. The Kier molecular flexibility index (Phi) is 3.50. The summed E-state index contributed by atoms with van der Waals surface area (Å²) in [5, 5.41) is 17.8. The molecule has 0 bridgehead atoms. The third kappa shape index (κ3) is 2.13. The highest BCUT2D eigenvalue weighted by atomic mass is 16.5. The van der Waals surface area contributed by atoms with Gasteiger partial charge in [0.25, 0.3) is 0 Å². The van der Waals surface area contributed by atoms with E-state index < -0.39 is 11.9 Å². The fourth-order valence-corrected chi connectivity index (χ4v) is 1.45. The van der Waals surface area contributed by atoms with Crippen LogP contribution in [0.3, 0.4) is 0 Å². The van der Waals surface area contributed by atoms with Crippen molar-refractivity contribution in [2.24, 2.45) is 0 Å². The van der Waals surface area contributed by atoms with Crippen LogP contribution in [0.25, 0.3) is 0 Å². The lowest BCUT2D eigenvalue weighted by Gasteiger charge is -2.10. The largest absolute Gasteiger partial charge is 0.496 e. The summed E-state index contributed by atoms with van der Waals surface area (Å²) >= 11 is 0. The molecule has 0 unspecified atom stereocenters. The van der Waals surface area contributed by atoms with Gasteiger partial charge in [-0.05, 0) is 24.1 Å². The summed E-state index contributed by atoms with van der Waals surface area (Å²) in [6.07, 6.45) is 0.498. The molecule has 1 aromatic rings. The maximum atomic E-state index is 10.9. The van der Waals surface area contributed by atoms with E-state index in [4.69, 9.17) is 14.9 Å². The van der Waals surface area contributed by atoms with Crippen LogP contribution in [-0.4, -0.2) is 29.3 Å². The molecule has 0 fully saturated rings. The van der Waals surface area contributed by atoms with Crippen LogP contribution >= 0.6 is 0 Å². The molecule has 0 spiro atoms. The quantitative estimate of drug-likeness (QED) is 0.812. The predicted molar refractivity (Wildman–Crippen MR) is 56.3 cm³/mol. The van der Waals surface area contributed by atoms with Crippen molar-refractivity contribution in [1.29, 1.82) is 0 Å². The van der Waals surface area contributed by atoms with E-state index in [0.29, 0.717) is 12.0 Å². The lowest BCUT2D eigenvalue weighted by Crippen LogP contribution is -2.08. The SMILES string of the molecule is CCc1cc(OC)c(C(=O)O)cc1C(=O)O. The van der Waals surface area contributed by atoms with E-state index in [1.807, 2.05) is 0 Å². The van der Waals surface area contributed by atoms with Gasteiger partial charge >= 0.3 is 11.9 Å². The molecule has 1 rings (SSSR count). The monoisotopic (exact) mass is 224 g/mol. The first-order valence-corrected chi connectivity index (χ1v) is 4.68. The first-order valence-electron chi connectivity index (χ1n) is 4.68. The lowest BCUT2D eigenvalue weighted by molar-refractivity contribution is 0.0693. The summed E-state index contributed by atoms with van der Waals surface area (Å²) in [4.78, 5) is 21.8. The van der Waals surface area contributed by atoms with Gasteiger partial charge in [-0.1, -0.05) is 6.92 Å². The van der Waals surface area contributed by atoms with E-state index in [-0.39, 0.29) is 16.9 Å². The Hall–Kier alpha value is -2.04. The Bertz CT molecular complexity index is 399. The van der Waals surface area contributed by atoms with Gasteiger partial charge in [-0.25, -0.2) is 9.59 Å². The van der Waals surface area contributed by atoms with Crippen molar-refractivity contribution in [2.45, 2.75) is 13.3 Å². The van der Waals surface area contributed by atoms with Gasteiger partial charge in [-0.3, -0.25) is 0 Å². The van der Waals surface area contributed by atoms with Crippen LogP contribution in [0, 0.1) is 0 Å². The lowest BCUT2D eigenvalue weighted by atomic mass is 10.0. The van der Waals surface area contributed by atoms with Crippen LogP contribution in [0.2, 0.25) is 0 Å². The highest BCUT2D eigenvalue weighted by molar-refractivity contribution is 5.97. The van der Waals surface area contributed by atoms with E-state index in [1.54, 1.807) is 6.92 Å². The summed E-state index contributed by atoms with van der Waals surface area (Å²) in [7, 11) is 1.35. The van der Waals surface area contributed by atoms with Gasteiger partial charge < -0.3 is 14.9 Å². The van der Waals surface area contributed by atoms with Crippen molar-refractivity contribution in [2.75, 3.05) is 7.11 Å². The highest BCUT2D eigenvalue weighted by Gasteiger charge is 2.18. The minimum Gasteiger partial charge on any atom is -0.496 e. The van der Waals surface area contributed by atoms with E-state index in [0.717, 1.165) is 6.07 Å². The molecule has 0 radical (unpaired) electrons. The number of aryl methyl sites for hydroxylation is 1. The molecular formula is C11H12O5. The second kappa shape index (κ2) is 4.65. The Balaban J connectivity index is 3.46. The molecule has 0 aromatic heterocycles. The third-order valence-corrected chi connectivity index (χ3v) is 2.27. The summed E-state index contributed by atoms with van der Waals surface area (Å²) in [5.41, 5.74) is 0.409. The Labute approximate surface area is 92.3 Å². The second-order valence-corrected chi connectivity index (χ2v) is 3.17. The Morgan fingerprint density at radius 1 is 1.19 bits per heavy atom. The molecular weight excluding hydrogens is 212 g/mol. The van der Waals surface area contributed by atoms with Crippen molar-refractivity contribution in [1.82, 2.24) is 0 Å². The van der Waals surface area contributed by atoms with Gasteiger partial charge in [0.05, 0.1) is 12.7 Å². The first-order chi connectivity index (χ1) is 7.51. The van der Waals surface area contributed by atoms with Crippen LogP contribution < -0.4 is 4.74 Å². The first kappa shape index (κ1) is 12.0. The molecule has 0 aliphatic carbocycles. The van der Waals surface area contributed by atoms with Crippen molar-refractivity contribution in [3.05, 3.63) is 28.8 Å². The average Bonchev–Trinajstić information content (AvgIpc) is 2.26. The molecule has 0 saturated carbocycles. The summed E-state index contributed by atoms with van der Waals surface area (Å²) in [6.45, 7) is 1.79. The van der Waals surface area contributed by atoms with Gasteiger partial charge in [-0.2, -0.15) is 0 Å². The van der Waals surface area contributed by atoms with Crippen LogP contribution in [0.5, 0.6) is 5.75 Å². The molecule has 0 amide bonds. The van der Waals surface area contributed by atoms with Crippen LogP contribution in [0.4, 0.5) is 0 Å². The van der Waals surface area contributed by atoms with Crippen LogP contribution in [0.1, 0.15) is 33.2 Å². The van der Waals surface area contributed by atoms with Crippen molar-refractivity contribution < 1.29 is 24.5 Å². The predicted octanol–water partition coefficient (Wildman–Crippen LogP) is 1.65. The molecule has 0 heterocycles. The van der Waals surface area contributed by atoms with Gasteiger partial charge in [-0.15, -0.1) is 0 Å². The van der Waals surface area contributed by atoms with Crippen LogP contribution in [-0.2, 0) is 6.42 Å². The minimum absolute atomic E-state index is 0.000648. The number of carboxylic acid groups (broad SMARTS) is 2. The average molecular weight is 224 g/mol. The molecule has 1 aromatic carbocycles. The molecule has 0 saturated heterocycles. The number of rotatable bonds is 4. The van der Waals surface area contributed by atoms with E-state index >= 15 is 0 Å². The van der Waals surface area contributed by atoms with Gasteiger partial charge in [0.2, 0.25) is 0 Å². The van der Waals surface area contributed by atoms with Crippen molar-refractivity contribution in [3.8, 4) is 5.75 Å². The molecule has 0 aliphatic heterocycles. The maximum absolute atomic E-state index is 10.9. The number of carboxylic acids is 2. The van der Waals surface area contributed by atoms with Crippen LogP contribution in [0.15, 0.2) is 12.1 Å². The molecule has 86 valence electrons. The number of benzene rings is 1. The highest BCUT2D eigenvalue weighted by Crippen LogP contribution is 2.24. The Morgan fingerprint density at radius 3 is 2.12 bits per heavy atom. The fourth-order valence-electron chi connectivity index (χ4n) is 1.45. The zero-order chi connectivity index (χ0) is 12.3. The fraction of sp³-hybridized carbons (Fsp3) is 0.273. The number of carbonyl (C=O) groups is 2. The maximum Gasteiger partial charge on any atom is 0.339 e. The van der Waals surface area contributed by atoms with Crippen molar-refractivity contribution in [3.63, 3.8) is 0 Å². The third-order valence-electron chi connectivity index (χ3n) is 2.27. The molecule has 2 N–H and O–H groups in total. The standard InChI is InChI=1S/C11H12O5/c1-3-6-4-9(16-2)8(11(14)15)5-7(6)10(12)13/h4-5H,3H2,1-2H3,(H,12,13)(H,14,15). The molecule has 16 heavy (non-hydrogen) atoms. The summed E-state index contributed by atoms with van der Waals surface area (Å²) in [5.74, 6) is -2.17. The zero-order valence-corrected chi connectivity index (χ0v) is 8.98. The topological polar surface area (TPSA) is 83.8 Å². The number of methoxy groups -OCH3 is 1. The molecule has 5 heteroatoms. The number of ether oxygens (including phenoxy) is 1. The summed E-state index contributed by atoms with van der Waals surface area (Å²) in [6, 6.07) is 2.58. The van der Waals surface area contributed by atoms with Gasteiger partial charge in [0.15, 0.2) is 0 Å². The number of aromatic carboxylic acids is 2. The second-order valence-electron chi connectivity index (χ2n) is 3.17. The minimum atomic E-state index is -1.21. The van der Waals surface area contributed by atoms with Gasteiger partial charge in [0.1, 0.15) is 11.3 Å². The van der Waals surface area contributed by atoms with E-state index in [1.165, 1.54) is 13.2 Å². The smallest absolute Gasteiger partial charge is 0.339 e. The molecule has 0 aliphatic rings. The number of hydrogen-bond donors (Lipinski definition) is 2. The molecule has 5 nitrogen and oxygen atoms in total. The van der Waals surface area contributed by atoms with E-state index in [2.05, 4.69) is 0 Å². The van der Waals surface area contributed by atoms with Crippen molar-refractivity contribution >= 4 is 11.9 Å². The summed E-state index contributed by atoms with van der Waals surface area (Å²) < 4.78 is 4.91. The van der Waals surface area contributed by atoms with Gasteiger partial charge in [0, 0.05) is 0 Å². The molecule has 0 atom stereocenters. The Morgan fingerprint density at radius 2 is 1.75 bits per heavy atom.